The molecule has 0 aliphatic carbocycles. The Hall–Kier alpha value is -1.99. The summed E-state index contributed by atoms with van der Waals surface area (Å²) in [6, 6.07) is 0. The Morgan fingerprint density at radius 2 is 0.944 bits per heavy atom. The molecule has 0 fully saturated rings. The number of nitrogens with zero attached hydrogens (tertiary/aromatic N) is 1. The minimum absolute atomic E-state index is 0. The van der Waals surface area contributed by atoms with E-state index in [0.717, 1.165) is 20.8 Å². The van der Waals surface area contributed by atoms with Crippen LogP contribution in [0.25, 0.3) is 0 Å². The standard InChI is InChI=1S/3C2H4O2.CHNO3.Al/c3*1-2(3)4;3-1-2(4)5;/h3*1H3,(H,3,4);1H;/q;;;;+3/p-3. The fourth-order valence-corrected chi connectivity index (χ4v) is 0. The molecule has 10 nitrogen and oxygen atoms in total. The van der Waals surface area contributed by atoms with Crippen LogP contribution in [0, 0.1) is 10.1 Å². The van der Waals surface area contributed by atoms with Gasteiger partial charge in [0, 0.05) is 17.9 Å². The first-order chi connectivity index (χ1) is 7.47. The summed E-state index contributed by atoms with van der Waals surface area (Å²) in [7, 11) is 0. The van der Waals surface area contributed by atoms with Crippen molar-refractivity contribution in [3.63, 3.8) is 0 Å². The summed E-state index contributed by atoms with van der Waals surface area (Å²) >= 11 is 0. The van der Waals surface area contributed by atoms with Gasteiger partial charge in [-0.1, -0.05) is 0 Å². The van der Waals surface area contributed by atoms with Crippen molar-refractivity contribution in [3.8, 4) is 0 Å². The molecule has 0 atom stereocenters. The van der Waals surface area contributed by atoms with E-state index in [1.54, 1.807) is 0 Å². The first kappa shape index (κ1) is 29.8. The minimum Gasteiger partial charge on any atom is -0.550 e. The third kappa shape index (κ3) is 15300000. The van der Waals surface area contributed by atoms with Gasteiger partial charge in [0.05, 0.1) is 4.92 Å². The number of carbonyl (C=O) groups excluding carboxylic acids is 4. The van der Waals surface area contributed by atoms with Gasteiger partial charge in [0.15, 0.2) is 0 Å². The van der Waals surface area contributed by atoms with Crippen LogP contribution in [0.2, 0.25) is 0 Å². The van der Waals surface area contributed by atoms with E-state index in [1.807, 2.05) is 0 Å². The van der Waals surface area contributed by atoms with Crippen LogP contribution in [0.4, 0.5) is 0 Å². The normalized spacial score (nSPS) is 5.94. The number of amides is 1. The molecule has 0 rings (SSSR count). The summed E-state index contributed by atoms with van der Waals surface area (Å²) in [6.07, 6.45) is -0.361. The van der Waals surface area contributed by atoms with Crippen LogP contribution >= 0.6 is 0 Å². The number of carboxylic acids is 3. The van der Waals surface area contributed by atoms with Gasteiger partial charge in [0.2, 0.25) is 0 Å². The average Bonchev–Trinajstić information content (AvgIpc) is 2.00. The molecule has 0 spiro atoms. The number of carbonyl (C=O) groups is 4. The largest absolute Gasteiger partial charge is 3.00 e. The third-order valence-electron chi connectivity index (χ3n) is 0.0861. The monoisotopic (exact) mass is 279 g/mol. The van der Waals surface area contributed by atoms with Gasteiger partial charge in [-0.05, 0) is 20.8 Å². The Balaban J connectivity index is -0.0000000412. The van der Waals surface area contributed by atoms with Gasteiger partial charge in [-0.3, -0.25) is 10.1 Å². The number of rotatable bonds is 1. The molecule has 0 aliphatic heterocycles. The number of hydrogen-bond donors (Lipinski definition) is 0. The van der Waals surface area contributed by atoms with Crippen LogP contribution in [0.1, 0.15) is 20.8 Å². The summed E-state index contributed by atoms with van der Waals surface area (Å²) in [5, 5.41) is 35.5. The molecular weight excluding hydrogens is 269 g/mol. The number of nitro groups is 1. The van der Waals surface area contributed by atoms with Crippen LogP contribution in [0.15, 0.2) is 0 Å². The van der Waals surface area contributed by atoms with Gasteiger partial charge in [0.1, 0.15) is 0 Å². The molecule has 0 aromatic rings. The van der Waals surface area contributed by atoms with E-state index in [0.29, 0.717) is 0 Å². The second-order valence-electron chi connectivity index (χ2n) is 1.87. The second kappa shape index (κ2) is 24.3. The van der Waals surface area contributed by atoms with Gasteiger partial charge in [-0.2, -0.15) is 0 Å². The maximum atomic E-state index is 8.89. The van der Waals surface area contributed by atoms with Crippen LogP contribution in [-0.4, -0.2) is 46.6 Å². The van der Waals surface area contributed by atoms with Crippen molar-refractivity contribution < 1.29 is 39.4 Å². The van der Waals surface area contributed by atoms with Crippen molar-refractivity contribution >= 4 is 41.7 Å². The Bertz CT molecular complexity index is 225. The molecule has 0 aliphatic rings. The number of hydrogen-bond acceptors (Lipinski definition) is 9. The van der Waals surface area contributed by atoms with Gasteiger partial charge in [-0.15, -0.1) is 0 Å². The molecule has 0 radical (unpaired) electrons. The third-order valence-corrected chi connectivity index (χ3v) is 0.0861. The van der Waals surface area contributed by atoms with Gasteiger partial charge < -0.3 is 29.7 Å². The second-order valence-corrected chi connectivity index (χ2v) is 1.87. The maximum Gasteiger partial charge on any atom is 3.00 e. The Morgan fingerprint density at radius 1 is 0.889 bits per heavy atom. The summed E-state index contributed by atoms with van der Waals surface area (Å²) < 4.78 is 0. The van der Waals surface area contributed by atoms with Crippen LogP contribution in [0.5, 0.6) is 0 Å². The van der Waals surface area contributed by atoms with Crippen molar-refractivity contribution in [2.45, 2.75) is 20.8 Å². The zero-order chi connectivity index (χ0) is 15.0. The van der Waals surface area contributed by atoms with Gasteiger partial charge >= 0.3 is 23.8 Å². The molecule has 0 saturated heterocycles. The summed E-state index contributed by atoms with van der Waals surface area (Å²) in [6.45, 7) is 2.92. The van der Waals surface area contributed by atoms with Crippen LogP contribution in [-0.2, 0) is 19.2 Å². The van der Waals surface area contributed by atoms with E-state index in [2.05, 4.69) is 0 Å². The molecular formula is C7H10AlNO9. The number of aliphatic carboxylic acids is 3. The fourth-order valence-electron chi connectivity index (χ4n) is 0. The fraction of sp³-hybridized carbons (Fsp3) is 0.429. The summed E-state index contributed by atoms with van der Waals surface area (Å²) in [4.78, 5) is 43.2. The van der Waals surface area contributed by atoms with E-state index in [4.69, 9.17) is 44.6 Å². The molecule has 0 aromatic carbocycles. The van der Waals surface area contributed by atoms with Crippen molar-refractivity contribution in [2.24, 2.45) is 0 Å². The number of carboxylic acid groups (broad SMARTS) is 3. The Labute approximate surface area is 113 Å². The molecule has 0 aromatic heterocycles. The molecule has 11 heteroatoms. The SMILES string of the molecule is CC(=O)[O-].CC(=O)[O-].CC(=O)[O-].O=C[N+](=O)[O-].[Al+3]. The zero-order valence-corrected chi connectivity index (χ0v) is 10.9. The summed E-state index contributed by atoms with van der Waals surface area (Å²) in [5.41, 5.74) is 0. The molecule has 0 heterocycles. The van der Waals surface area contributed by atoms with E-state index in [-0.39, 0.29) is 23.8 Å². The predicted molar refractivity (Wildman–Crippen MR) is 50.9 cm³/mol. The van der Waals surface area contributed by atoms with E-state index in [1.165, 1.54) is 0 Å². The van der Waals surface area contributed by atoms with E-state index in [9.17, 15) is 0 Å². The van der Waals surface area contributed by atoms with Crippen LogP contribution in [0.3, 0.4) is 0 Å². The Morgan fingerprint density at radius 3 is 0.944 bits per heavy atom. The topological polar surface area (TPSA) is 181 Å². The molecule has 1 amide bonds. The van der Waals surface area contributed by atoms with Crippen molar-refractivity contribution in [1.82, 2.24) is 0 Å². The molecule has 100 valence electrons. The van der Waals surface area contributed by atoms with Crippen LogP contribution < -0.4 is 15.3 Å². The summed E-state index contributed by atoms with van der Waals surface area (Å²) in [5.74, 6) is -3.25. The van der Waals surface area contributed by atoms with E-state index >= 15 is 0 Å². The molecule has 18 heavy (non-hydrogen) atoms. The van der Waals surface area contributed by atoms with Gasteiger partial charge in [0.25, 0.3) is 0 Å². The first-order valence-corrected chi connectivity index (χ1v) is 3.58. The minimum atomic E-state index is -1.08. The molecule has 0 bridgehead atoms. The van der Waals surface area contributed by atoms with Gasteiger partial charge in [-0.25, -0.2) is 4.79 Å². The quantitative estimate of drug-likeness (QED) is 0.197. The molecule has 0 N–H and O–H groups in total. The van der Waals surface area contributed by atoms with Crippen molar-refractivity contribution in [1.29, 1.82) is 0 Å². The zero-order valence-electron chi connectivity index (χ0n) is 9.78. The molecule has 0 unspecified atom stereocenters. The molecule has 0 saturated carbocycles. The van der Waals surface area contributed by atoms with Crippen molar-refractivity contribution in [3.05, 3.63) is 10.1 Å². The predicted octanol–water partition coefficient (Wildman–Crippen LogP) is -4.69. The first-order valence-electron chi connectivity index (χ1n) is 3.58. The maximum absolute atomic E-state index is 8.89. The smallest absolute Gasteiger partial charge is 0.550 e. The average molecular weight is 279 g/mol. The van der Waals surface area contributed by atoms with E-state index < -0.39 is 22.8 Å². The van der Waals surface area contributed by atoms with Crippen molar-refractivity contribution in [2.75, 3.05) is 0 Å². The Kier molecular flexibility index (Phi) is 40.2.